The number of rotatable bonds is 4. The Labute approximate surface area is 106 Å². The topological polar surface area (TPSA) is 33.6 Å². The first-order valence-electron chi connectivity index (χ1n) is 5.94. The minimum absolute atomic E-state index is 0.226. The quantitative estimate of drug-likeness (QED) is 0.839. The van der Waals surface area contributed by atoms with Crippen molar-refractivity contribution in [3.05, 3.63) is 46.5 Å². The van der Waals surface area contributed by atoms with E-state index in [1.165, 1.54) is 5.56 Å². The van der Waals surface area contributed by atoms with Gasteiger partial charge in [-0.3, -0.25) is 9.67 Å². The first-order valence-corrected chi connectivity index (χ1v) is 6.35. The molecule has 1 atom stereocenters. The van der Waals surface area contributed by atoms with Crippen LogP contribution in [-0.2, 0) is 6.42 Å². The molecule has 0 amide bonds. The number of benzene rings is 1. The zero-order valence-corrected chi connectivity index (χ0v) is 11.0. The summed E-state index contributed by atoms with van der Waals surface area (Å²) in [4.78, 5) is 0. The van der Waals surface area contributed by atoms with E-state index < -0.39 is 0 Å². The molecule has 0 fully saturated rings. The summed E-state index contributed by atoms with van der Waals surface area (Å²) in [7, 11) is 0. The number of nitrogens with one attached hydrogen (secondary N) is 1. The highest BCUT2D eigenvalue weighted by Crippen LogP contribution is 2.19. The number of H-pyrrole nitrogens is 1. The lowest BCUT2D eigenvalue weighted by Crippen LogP contribution is -2.10. The summed E-state index contributed by atoms with van der Waals surface area (Å²) < 4.78 is 2.80. The van der Waals surface area contributed by atoms with Gasteiger partial charge < -0.3 is 0 Å². The molecule has 0 saturated carbocycles. The minimum Gasteiger partial charge on any atom is -0.297 e. The number of nitrogens with zero attached hydrogens (tertiary/aromatic N) is 2. The van der Waals surface area contributed by atoms with Crippen molar-refractivity contribution in [3.8, 4) is 0 Å². The van der Waals surface area contributed by atoms with Crippen molar-refractivity contribution in [2.24, 2.45) is 0 Å². The van der Waals surface area contributed by atoms with E-state index in [1.807, 2.05) is 6.07 Å². The summed E-state index contributed by atoms with van der Waals surface area (Å²) >= 11 is 5.31. The van der Waals surface area contributed by atoms with Crippen LogP contribution in [0.4, 0.5) is 0 Å². The van der Waals surface area contributed by atoms with E-state index >= 15 is 0 Å². The first-order chi connectivity index (χ1) is 8.24. The second kappa shape index (κ2) is 5.27. The maximum Gasteiger partial charge on any atom is 0.195 e. The molecule has 0 unspecified atom stereocenters. The van der Waals surface area contributed by atoms with Crippen LogP contribution in [0, 0.1) is 4.77 Å². The zero-order chi connectivity index (χ0) is 12.3. The molecule has 90 valence electrons. The van der Waals surface area contributed by atoms with Crippen LogP contribution >= 0.6 is 12.2 Å². The average Bonchev–Trinajstić information content (AvgIpc) is 2.71. The predicted octanol–water partition coefficient (Wildman–Crippen LogP) is 3.50. The molecule has 0 aliphatic rings. The van der Waals surface area contributed by atoms with Crippen LogP contribution < -0.4 is 0 Å². The van der Waals surface area contributed by atoms with E-state index in [4.69, 9.17) is 12.2 Å². The smallest absolute Gasteiger partial charge is 0.195 e. The second-order valence-corrected chi connectivity index (χ2v) is 4.54. The standard InChI is InChI=1S/C13H17N3S/c1-3-7-12-14-15-13(17)16(12)10(2)11-8-5-4-6-9-11/h4-6,8-10H,3,7H2,1-2H3,(H,15,17)/t10-/m0/s1. The molecule has 0 radical (unpaired) electrons. The molecule has 0 spiro atoms. The van der Waals surface area contributed by atoms with Crippen molar-refractivity contribution < 1.29 is 0 Å². The van der Waals surface area contributed by atoms with E-state index in [-0.39, 0.29) is 6.04 Å². The van der Waals surface area contributed by atoms with Gasteiger partial charge in [-0.15, -0.1) is 0 Å². The molecule has 0 saturated heterocycles. The van der Waals surface area contributed by atoms with E-state index in [0.717, 1.165) is 18.7 Å². The molecule has 1 aromatic carbocycles. The average molecular weight is 247 g/mol. The van der Waals surface area contributed by atoms with Gasteiger partial charge in [0, 0.05) is 6.42 Å². The zero-order valence-electron chi connectivity index (χ0n) is 10.2. The molecule has 3 nitrogen and oxygen atoms in total. The summed E-state index contributed by atoms with van der Waals surface area (Å²) in [5.41, 5.74) is 1.25. The van der Waals surface area contributed by atoms with Crippen LogP contribution in [-0.4, -0.2) is 14.8 Å². The van der Waals surface area contributed by atoms with Crippen molar-refractivity contribution in [3.63, 3.8) is 0 Å². The minimum atomic E-state index is 0.226. The molecule has 4 heteroatoms. The van der Waals surface area contributed by atoms with Gasteiger partial charge in [-0.1, -0.05) is 37.3 Å². The Bertz CT molecular complexity index is 527. The van der Waals surface area contributed by atoms with Gasteiger partial charge in [0.2, 0.25) is 0 Å². The van der Waals surface area contributed by atoms with Crippen LogP contribution in [0.2, 0.25) is 0 Å². The van der Waals surface area contributed by atoms with Crippen LogP contribution in [0.5, 0.6) is 0 Å². The Morgan fingerprint density at radius 1 is 1.35 bits per heavy atom. The van der Waals surface area contributed by atoms with Crippen LogP contribution in [0.1, 0.15) is 37.7 Å². The third-order valence-corrected chi connectivity index (χ3v) is 3.21. The van der Waals surface area contributed by atoms with Crippen molar-refractivity contribution in [1.82, 2.24) is 14.8 Å². The fraction of sp³-hybridized carbons (Fsp3) is 0.385. The normalized spacial score (nSPS) is 12.6. The molecule has 17 heavy (non-hydrogen) atoms. The first kappa shape index (κ1) is 12.0. The number of aromatic nitrogens is 3. The maximum absolute atomic E-state index is 5.31. The molecule has 0 aliphatic carbocycles. The third-order valence-electron chi connectivity index (χ3n) is 2.92. The lowest BCUT2D eigenvalue weighted by Gasteiger charge is -2.15. The number of aryl methyl sites for hydroxylation is 1. The Kier molecular flexibility index (Phi) is 3.74. The Morgan fingerprint density at radius 3 is 2.71 bits per heavy atom. The van der Waals surface area contributed by atoms with Gasteiger partial charge in [0.1, 0.15) is 5.82 Å². The van der Waals surface area contributed by atoms with Crippen molar-refractivity contribution >= 4 is 12.2 Å². The SMILES string of the molecule is CCCc1n[nH]c(=S)n1[C@@H](C)c1ccccc1. The lowest BCUT2D eigenvalue weighted by atomic mass is 10.1. The molecule has 0 aliphatic heterocycles. The Balaban J connectivity index is 2.40. The Hall–Kier alpha value is -1.42. The summed E-state index contributed by atoms with van der Waals surface area (Å²) in [5.74, 6) is 1.04. The van der Waals surface area contributed by atoms with Gasteiger partial charge in [-0.05, 0) is 31.1 Å². The van der Waals surface area contributed by atoms with Crippen molar-refractivity contribution in [1.29, 1.82) is 0 Å². The van der Waals surface area contributed by atoms with Gasteiger partial charge in [-0.25, -0.2) is 0 Å². The molecule has 1 aromatic heterocycles. The van der Waals surface area contributed by atoms with Crippen LogP contribution in [0.15, 0.2) is 30.3 Å². The third kappa shape index (κ3) is 2.47. The molecule has 2 rings (SSSR count). The van der Waals surface area contributed by atoms with Gasteiger partial charge in [0.15, 0.2) is 4.77 Å². The monoisotopic (exact) mass is 247 g/mol. The molecule has 1 heterocycles. The Morgan fingerprint density at radius 2 is 2.06 bits per heavy atom. The second-order valence-electron chi connectivity index (χ2n) is 4.15. The summed E-state index contributed by atoms with van der Waals surface area (Å²) in [6.45, 7) is 4.30. The number of hydrogen-bond acceptors (Lipinski definition) is 2. The molecular formula is C13H17N3S. The molecule has 2 aromatic rings. The van der Waals surface area contributed by atoms with E-state index in [9.17, 15) is 0 Å². The van der Waals surface area contributed by atoms with Crippen LogP contribution in [0.3, 0.4) is 0 Å². The summed E-state index contributed by atoms with van der Waals surface area (Å²) in [6, 6.07) is 10.6. The summed E-state index contributed by atoms with van der Waals surface area (Å²) in [6.07, 6.45) is 2.02. The largest absolute Gasteiger partial charge is 0.297 e. The number of hydrogen-bond donors (Lipinski definition) is 1. The summed E-state index contributed by atoms with van der Waals surface area (Å²) in [5, 5.41) is 7.19. The molecule has 1 N–H and O–H groups in total. The van der Waals surface area contributed by atoms with E-state index in [1.54, 1.807) is 0 Å². The fourth-order valence-electron chi connectivity index (χ4n) is 2.02. The molecule has 0 bridgehead atoms. The van der Waals surface area contributed by atoms with Gasteiger partial charge >= 0.3 is 0 Å². The highest BCUT2D eigenvalue weighted by molar-refractivity contribution is 7.71. The van der Waals surface area contributed by atoms with Gasteiger partial charge in [0.05, 0.1) is 6.04 Å². The fourth-order valence-corrected chi connectivity index (χ4v) is 2.33. The van der Waals surface area contributed by atoms with Gasteiger partial charge in [0.25, 0.3) is 0 Å². The van der Waals surface area contributed by atoms with Crippen molar-refractivity contribution in [2.75, 3.05) is 0 Å². The van der Waals surface area contributed by atoms with E-state index in [0.29, 0.717) is 4.77 Å². The predicted molar refractivity (Wildman–Crippen MR) is 71.7 cm³/mol. The maximum atomic E-state index is 5.31. The highest BCUT2D eigenvalue weighted by atomic mass is 32.1. The number of aromatic amines is 1. The molecular weight excluding hydrogens is 230 g/mol. The van der Waals surface area contributed by atoms with Gasteiger partial charge in [-0.2, -0.15) is 5.10 Å². The van der Waals surface area contributed by atoms with E-state index in [2.05, 4.69) is 52.9 Å². The lowest BCUT2D eigenvalue weighted by molar-refractivity contribution is 0.589. The van der Waals surface area contributed by atoms with Crippen LogP contribution in [0.25, 0.3) is 0 Å². The highest BCUT2D eigenvalue weighted by Gasteiger charge is 2.13. The van der Waals surface area contributed by atoms with Crippen molar-refractivity contribution in [2.45, 2.75) is 32.7 Å².